The molecule has 1 aromatic heterocycles. The summed E-state index contributed by atoms with van der Waals surface area (Å²) < 4.78 is 16.3. The Morgan fingerprint density at radius 3 is 2.31 bits per heavy atom. The Hall–Kier alpha value is -3.64. The van der Waals surface area contributed by atoms with Gasteiger partial charge in [0, 0.05) is 17.7 Å². The highest BCUT2D eigenvalue weighted by molar-refractivity contribution is 5.88. The Balaban J connectivity index is 1.88. The van der Waals surface area contributed by atoms with Crippen molar-refractivity contribution >= 4 is 16.9 Å². The molecule has 0 bridgehead atoms. The van der Waals surface area contributed by atoms with E-state index >= 15 is 0 Å². The Morgan fingerprint density at radius 2 is 1.66 bits per heavy atom. The molecule has 0 radical (unpaired) electrons. The average molecular weight is 446 g/mol. The van der Waals surface area contributed by atoms with Crippen LogP contribution in [0, 0.1) is 0 Å². The predicted octanol–water partition coefficient (Wildman–Crippen LogP) is 0.142. The van der Waals surface area contributed by atoms with Gasteiger partial charge in [0.25, 0.3) is 0 Å². The van der Waals surface area contributed by atoms with E-state index in [2.05, 4.69) is 0 Å². The van der Waals surface area contributed by atoms with E-state index in [9.17, 15) is 40.2 Å². The van der Waals surface area contributed by atoms with Gasteiger partial charge < -0.3 is 44.5 Å². The van der Waals surface area contributed by atoms with Gasteiger partial charge in [0.2, 0.25) is 17.5 Å². The molecule has 11 heteroatoms. The first-order valence-electron chi connectivity index (χ1n) is 9.36. The van der Waals surface area contributed by atoms with Gasteiger partial charge in [-0.25, -0.2) is 4.79 Å². The van der Waals surface area contributed by atoms with Gasteiger partial charge in [-0.15, -0.1) is 0 Å². The number of carbonyl (C=O) groups is 1. The van der Waals surface area contributed by atoms with Gasteiger partial charge in [-0.3, -0.25) is 4.79 Å². The Morgan fingerprint density at radius 1 is 0.969 bits per heavy atom. The van der Waals surface area contributed by atoms with E-state index in [0.717, 1.165) is 12.1 Å². The summed E-state index contributed by atoms with van der Waals surface area (Å²) in [6.07, 6.45) is -9.65. The van der Waals surface area contributed by atoms with Crippen molar-refractivity contribution in [3.05, 3.63) is 52.7 Å². The number of carboxylic acid groups (broad SMARTS) is 1. The second-order valence-corrected chi connectivity index (χ2v) is 7.15. The van der Waals surface area contributed by atoms with E-state index in [1.54, 1.807) is 30.3 Å². The summed E-state index contributed by atoms with van der Waals surface area (Å²) in [6, 6.07) is 10.1. The van der Waals surface area contributed by atoms with Crippen LogP contribution >= 0.6 is 0 Å². The minimum atomic E-state index is -1.95. The van der Waals surface area contributed by atoms with Crippen molar-refractivity contribution in [3.63, 3.8) is 0 Å². The summed E-state index contributed by atoms with van der Waals surface area (Å²) in [6.45, 7) is 0. The topological polar surface area (TPSA) is 187 Å². The van der Waals surface area contributed by atoms with Crippen molar-refractivity contribution in [2.24, 2.45) is 0 Å². The van der Waals surface area contributed by atoms with Gasteiger partial charge in [-0.1, -0.05) is 30.3 Å². The monoisotopic (exact) mass is 446 g/mol. The summed E-state index contributed by atoms with van der Waals surface area (Å²) >= 11 is 0. The van der Waals surface area contributed by atoms with Gasteiger partial charge in [-0.2, -0.15) is 0 Å². The van der Waals surface area contributed by atoms with Crippen LogP contribution in [0.15, 0.2) is 51.7 Å². The minimum Gasteiger partial charge on any atom is -0.508 e. The molecule has 0 aliphatic carbocycles. The molecule has 168 valence electrons. The molecule has 0 unspecified atom stereocenters. The van der Waals surface area contributed by atoms with Crippen LogP contribution in [0.5, 0.6) is 17.2 Å². The fraction of sp³-hybridized carbons (Fsp3) is 0.238. The maximum Gasteiger partial charge on any atom is 0.335 e. The summed E-state index contributed by atoms with van der Waals surface area (Å²) in [5, 5.41) is 58.9. The number of hydrogen-bond donors (Lipinski definition) is 6. The highest BCUT2D eigenvalue weighted by atomic mass is 16.7. The van der Waals surface area contributed by atoms with Crippen LogP contribution in [-0.4, -0.2) is 67.3 Å². The van der Waals surface area contributed by atoms with Gasteiger partial charge in [0.05, 0.1) is 0 Å². The number of carboxylic acids is 1. The zero-order valence-corrected chi connectivity index (χ0v) is 16.2. The standard InChI is InChI=1S/C21H18O11/c22-9-6-10(23)12-11(7-9)30-17(8-4-2-1-3-5-8)18(13(12)24)31-21-16(27)14(25)15(26)19(32-21)20(28)29/h1-7,14-16,19,21-23,25-27H,(H,28,29)/t14-,15-,16+,19-,21+/m0/s1. The molecule has 5 atom stereocenters. The number of aliphatic hydroxyl groups excluding tert-OH is 3. The van der Waals surface area contributed by atoms with Gasteiger partial charge in [0.1, 0.15) is 40.8 Å². The average Bonchev–Trinajstić information content (AvgIpc) is 2.75. The van der Waals surface area contributed by atoms with Crippen LogP contribution in [0.3, 0.4) is 0 Å². The summed E-state index contributed by atoms with van der Waals surface area (Å²) in [5.41, 5.74) is -0.737. The number of phenolic OH excluding ortho intramolecular Hbond substituents is 2. The molecule has 2 heterocycles. The summed E-state index contributed by atoms with van der Waals surface area (Å²) in [5.74, 6) is -3.32. The molecule has 1 aliphatic heterocycles. The number of benzene rings is 2. The molecule has 3 aromatic rings. The number of rotatable bonds is 4. The van der Waals surface area contributed by atoms with Crippen LogP contribution in [0.1, 0.15) is 0 Å². The van der Waals surface area contributed by atoms with Crippen LogP contribution in [0.2, 0.25) is 0 Å². The highest BCUT2D eigenvalue weighted by Crippen LogP contribution is 2.36. The van der Waals surface area contributed by atoms with E-state index in [-0.39, 0.29) is 22.5 Å². The lowest BCUT2D eigenvalue weighted by Gasteiger charge is -2.38. The first-order chi connectivity index (χ1) is 15.2. The molecule has 2 aromatic carbocycles. The van der Waals surface area contributed by atoms with Crippen LogP contribution in [-0.2, 0) is 9.53 Å². The van der Waals surface area contributed by atoms with Crippen molar-refractivity contribution in [2.75, 3.05) is 0 Å². The SMILES string of the molecule is O=C(O)[C@H]1O[C@@H](Oc2c(-c3ccccc3)oc3cc(O)cc(O)c3c2=O)[C@H](O)[C@@H](O)[C@@H]1O. The maximum atomic E-state index is 13.2. The minimum absolute atomic E-state index is 0.164. The largest absolute Gasteiger partial charge is 0.508 e. The van der Waals surface area contributed by atoms with Crippen LogP contribution in [0.25, 0.3) is 22.3 Å². The third-order valence-electron chi connectivity index (χ3n) is 5.00. The van der Waals surface area contributed by atoms with Crippen molar-refractivity contribution in [1.82, 2.24) is 0 Å². The number of fused-ring (bicyclic) bond motifs is 1. The molecule has 11 nitrogen and oxygen atoms in total. The predicted molar refractivity (Wildman–Crippen MR) is 106 cm³/mol. The molecule has 0 amide bonds. The molecule has 1 saturated heterocycles. The number of phenols is 2. The molecule has 1 aliphatic rings. The lowest BCUT2D eigenvalue weighted by molar-refractivity contribution is -0.271. The lowest BCUT2D eigenvalue weighted by Crippen LogP contribution is -2.61. The summed E-state index contributed by atoms with van der Waals surface area (Å²) in [4.78, 5) is 24.6. The molecule has 1 fully saturated rings. The van der Waals surface area contributed by atoms with Crippen molar-refractivity contribution in [1.29, 1.82) is 0 Å². The third-order valence-corrected chi connectivity index (χ3v) is 5.00. The summed E-state index contributed by atoms with van der Waals surface area (Å²) in [7, 11) is 0. The Bertz CT molecular complexity index is 1220. The Labute approximate surface area is 178 Å². The number of ether oxygens (including phenoxy) is 2. The van der Waals surface area contributed by atoms with Gasteiger partial charge in [0.15, 0.2) is 11.9 Å². The van der Waals surface area contributed by atoms with Crippen molar-refractivity contribution in [3.8, 4) is 28.6 Å². The zero-order chi connectivity index (χ0) is 23.2. The second-order valence-electron chi connectivity index (χ2n) is 7.15. The molecule has 4 rings (SSSR count). The highest BCUT2D eigenvalue weighted by Gasteiger charge is 2.48. The molecule has 32 heavy (non-hydrogen) atoms. The van der Waals surface area contributed by atoms with E-state index in [1.165, 1.54) is 0 Å². The van der Waals surface area contributed by atoms with Gasteiger partial charge >= 0.3 is 5.97 Å². The molecular formula is C21H18O11. The van der Waals surface area contributed by atoms with Crippen molar-refractivity contribution < 1.29 is 49.3 Å². The van der Waals surface area contributed by atoms with Crippen LogP contribution < -0.4 is 10.2 Å². The molecular weight excluding hydrogens is 428 g/mol. The first-order valence-corrected chi connectivity index (χ1v) is 9.36. The van der Waals surface area contributed by atoms with E-state index in [1.807, 2.05) is 0 Å². The quantitative estimate of drug-likeness (QED) is 0.320. The number of aliphatic hydroxyl groups is 3. The third kappa shape index (κ3) is 3.63. The molecule has 0 spiro atoms. The normalized spacial score (nSPS) is 25.5. The Kier molecular flexibility index (Phi) is 5.48. The van der Waals surface area contributed by atoms with E-state index < -0.39 is 53.6 Å². The second kappa shape index (κ2) is 8.13. The number of aromatic hydroxyl groups is 2. The van der Waals surface area contributed by atoms with Crippen LogP contribution in [0.4, 0.5) is 0 Å². The van der Waals surface area contributed by atoms with Crippen molar-refractivity contribution in [2.45, 2.75) is 30.7 Å². The van der Waals surface area contributed by atoms with E-state index in [0.29, 0.717) is 5.56 Å². The number of aliphatic carboxylic acids is 1. The maximum absolute atomic E-state index is 13.2. The van der Waals surface area contributed by atoms with Gasteiger partial charge in [-0.05, 0) is 0 Å². The molecule has 6 N–H and O–H groups in total. The molecule has 0 saturated carbocycles. The van der Waals surface area contributed by atoms with E-state index in [4.69, 9.17) is 13.9 Å². The fourth-order valence-corrected chi connectivity index (χ4v) is 3.42. The number of hydrogen-bond acceptors (Lipinski definition) is 10. The zero-order valence-electron chi connectivity index (χ0n) is 16.2. The smallest absolute Gasteiger partial charge is 0.335 e. The first kappa shape index (κ1) is 21.6. The fourth-order valence-electron chi connectivity index (χ4n) is 3.42. The lowest BCUT2D eigenvalue weighted by atomic mass is 9.99.